The molecule has 6 heteroatoms. The Kier molecular flexibility index (Phi) is 3.84. The third-order valence-corrected chi connectivity index (χ3v) is 4.43. The van der Waals surface area contributed by atoms with E-state index < -0.39 is 0 Å². The van der Waals surface area contributed by atoms with Gasteiger partial charge in [-0.3, -0.25) is 4.57 Å². The highest BCUT2D eigenvalue weighted by Gasteiger charge is 2.20. The van der Waals surface area contributed by atoms with Crippen LogP contribution in [0.15, 0.2) is 45.5 Å². The van der Waals surface area contributed by atoms with E-state index in [0.29, 0.717) is 0 Å². The van der Waals surface area contributed by atoms with Crippen LogP contribution in [0.2, 0.25) is 0 Å². The van der Waals surface area contributed by atoms with Crippen molar-refractivity contribution in [1.82, 2.24) is 14.5 Å². The molecule has 1 unspecified atom stereocenters. The molecule has 3 aromatic rings. The molecule has 102 valence electrons. The van der Waals surface area contributed by atoms with Crippen molar-refractivity contribution >= 4 is 54.6 Å². The van der Waals surface area contributed by atoms with Crippen LogP contribution in [0.3, 0.4) is 0 Å². The van der Waals surface area contributed by atoms with E-state index in [1.807, 2.05) is 41.8 Å². The second kappa shape index (κ2) is 5.47. The Morgan fingerprint density at radius 2 is 1.85 bits per heavy atom. The van der Waals surface area contributed by atoms with Crippen LogP contribution in [0.1, 0.15) is 18.1 Å². The summed E-state index contributed by atoms with van der Waals surface area (Å²) < 4.78 is 3.90. The van der Waals surface area contributed by atoms with E-state index in [9.17, 15) is 0 Å². The lowest BCUT2D eigenvalue weighted by molar-refractivity contribution is 0.872. The number of alkyl halides is 1. The monoisotopic (exact) mass is 413 g/mol. The molecule has 0 radical (unpaired) electrons. The average molecular weight is 416 g/mol. The van der Waals surface area contributed by atoms with Crippen molar-refractivity contribution in [3.63, 3.8) is 0 Å². The number of para-hydroxylation sites is 1. The van der Waals surface area contributed by atoms with Crippen LogP contribution in [-0.4, -0.2) is 14.5 Å². The predicted octanol–water partition coefficient (Wildman–Crippen LogP) is 5.25. The van der Waals surface area contributed by atoms with Crippen LogP contribution in [0.4, 0.5) is 0 Å². The van der Waals surface area contributed by atoms with E-state index in [4.69, 9.17) is 11.6 Å². The standard InChI is InChI=1S/C14H10Br2ClN3/c1-8(17)13-19-11-6-3-7-18-14(11)20(13)12-9(15)4-2-5-10(12)16/h2-8H,1H3. The van der Waals surface area contributed by atoms with Gasteiger partial charge in [0.05, 0.1) is 11.1 Å². The van der Waals surface area contributed by atoms with E-state index in [0.717, 1.165) is 31.6 Å². The first-order valence-electron chi connectivity index (χ1n) is 6.01. The Morgan fingerprint density at radius 3 is 2.50 bits per heavy atom. The van der Waals surface area contributed by atoms with E-state index in [1.54, 1.807) is 6.20 Å². The van der Waals surface area contributed by atoms with Gasteiger partial charge in [0, 0.05) is 15.1 Å². The van der Waals surface area contributed by atoms with Gasteiger partial charge in [-0.1, -0.05) is 6.07 Å². The average Bonchev–Trinajstić information content (AvgIpc) is 2.78. The quantitative estimate of drug-likeness (QED) is 0.536. The van der Waals surface area contributed by atoms with Crippen molar-refractivity contribution in [3.8, 4) is 5.69 Å². The van der Waals surface area contributed by atoms with Crippen molar-refractivity contribution in [3.05, 3.63) is 51.3 Å². The van der Waals surface area contributed by atoms with Crippen LogP contribution in [-0.2, 0) is 0 Å². The number of rotatable bonds is 2. The summed E-state index contributed by atoms with van der Waals surface area (Å²) in [6, 6.07) is 9.74. The van der Waals surface area contributed by atoms with Gasteiger partial charge in [-0.15, -0.1) is 11.6 Å². The molecule has 20 heavy (non-hydrogen) atoms. The Morgan fingerprint density at radius 1 is 1.15 bits per heavy atom. The minimum absolute atomic E-state index is 0.219. The van der Waals surface area contributed by atoms with Gasteiger partial charge in [-0.25, -0.2) is 9.97 Å². The lowest BCUT2D eigenvalue weighted by Crippen LogP contribution is -2.04. The van der Waals surface area contributed by atoms with E-state index in [2.05, 4.69) is 41.8 Å². The summed E-state index contributed by atoms with van der Waals surface area (Å²) in [4.78, 5) is 9.04. The second-order valence-electron chi connectivity index (χ2n) is 4.34. The molecule has 0 N–H and O–H groups in total. The molecule has 0 aliphatic rings. The fraction of sp³-hybridized carbons (Fsp3) is 0.143. The number of pyridine rings is 1. The maximum atomic E-state index is 6.29. The van der Waals surface area contributed by atoms with Crippen molar-refractivity contribution in [2.75, 3.05) is 0 Å². The molecule has 3 nitrogen and oxygen atoms in total. The smallest absolute Gasteiger partial charge is 0.164 e. The van der Waals surface area contributed by atoms with Crippen LogP contribution < -0.4 is 0 Å². The summed E-state index contributed by atoms with van der Waals surface area (Å²) >= 11 is 13.5. The summed E-state index contributed by atoms with van der Waals surface area (Å²) in [5, 5.41) is -0.219. The number of aromatic nitrogens is 3. The van der Waals surface area contributed by atoms with Crippen LogP contribution in [0, 0.1) is 0 Å². The molecule has 0 aliphatic carbocycles. The Hall–Kier alpha value is -0.910. The summed E-state index contributed by atoms with van der Waals surface area (Å²) in [5.74, 6) is 0.771. The van der Waals surface area contributed by atoms with Gasteiger partial charge >= 0.3 is 0 Å². The van der Waals surface area contributed by atoms with E-state index in [1.165, 1.54) is 0 Å². The highest BCUT2D eigenvalue weighted by Crippen LogP contribution is 2.34. The molecule has 0 fully saturated rings. The van der Waals surface area contributed by atoms with E-state index >= 15 is 0 Å². The van der Waals surface area contributed by atoms with Gasteiger partial charge in [0.1, 0.15) is 11.3 Å². The van der Waals surface area contributed by atoms with Crippen molar-refractivity contribution < 1.29 is 0 Å². The maximum Gasteiger partial charge on any atom is 0.164 e. The van der Waals surface area contributed by atoms with Gasteiger partial charge in [-0.2, -0.15) is 0 Å². The minimum Gasteiger partial charge on any atom is -0.277 e. The number of hydrogen-bond donors (Lipinski definition) is 0. The predicted molar refractivity (Wildman–Crippen MR) is 88.5 cm³/mol. The zero-order valence-electron chi connectivity index (χ0n) is 10.5. The molecule has 1 atom stereocenters. The Balaban J connectivity index is 2.43. The van der Waals surface area contributed by atoms with E-state index in [-0.39, 0.29) is 5.38 Å². The van der Waals surface area contributed by atoms with Crippen LogP contribution in [0.5, 0.6) is 0 Å². The zero-order chi connectivity index (χ0) is 14.3. The van der Waals surface area contributed by atoms with Crippen LogP contribution in [0.25, 0.3) is 16.9 Å². The molecule has 0 bridgehead atoms. The third kappa shape index (κ3) is 2.28. The molecule has 0 aliphatic heterocycles. The first kappa shape index (κ1) is 14.0. The number of fused-ring (bicyclic) bond motifs is 1. The molecular weight excluding hydrogens is 405 g/mol. The maximum absolute atomic E-state index is 6.29. The Labute approximate surface area is 138 Å². The second-order valence-corrected chi connectivity index (χ2v) is 6.70. The molecule has 2 heterocycles. The summed E-state index contributed by atoms with van der Waals surface area (Å²) in [6.07, 6.45) is 1.76. The molecule has 3 rings (SSSR count). The minimum atomic E-state index is -0.219. The highest BCUT2D eigenvalue weighted by molar-refractivity contribution is 9.11. The Bertz CT molecular complexity index is 763. The molecular formula is C14H10Br2ClN3. The summed E-state index contributed by atoms with van der Waals surface area (Å²) in [6.45, 7) is 1.91. The number of halogens is 3. The summed E-state index contributed by atoms with van der Waals surface area (Å²) in [5.41, 5.74) is 2.58. The first-order valence-corrected chi connectivity index (χ1v) is 8.03. The fourth-order valence-corrected chi connectivity index (χ4v) is 3.62. The number of nitrogens with zero attached hydrogens (tertiary/aromatic N) is 3. The number of imidazole rings is 1. The first-order chi connectivity index (χ1) is 9.59. The lowest BCUT2D eigenvalue weighted by Gasteiger charge is -2.13. The zero-order valence-corrected chi connectivity index (χ0v) is 14.4. The third-order valence-electron chi connectivity index (χ3n) is 2.96. The van der Waals surface area contributed by atoms with Crippen molar-refractivity contribution in [2.45, 2.75) is 12.3 Å². The summed E-state index contributed by atoms with van der Waals surface area (Å²) in [7, 11) is 0. The molecule has 0 saturated heterocycles. The van der Waals surface area contributed by atoms with Crippen LogP contribution >= 0.6 is 43.5 Å². The SMILES string of the molecule is CC(Cl)c1nc2cccnc2n1-c1c(Br)cccc1Br. The van der Waals surface area contributed by atoms with Gasteiger partial charge in [0.25, 0.3) is 0 Å². The topological polar surface area (TPSA) is 30.7 Å². The lowest BCUT2D eigenvalue weighted by atomic mass is 10.3. The van der Waals surface area contributed by atoms with Gasteiger partial charge < -0.3 is 0 Å². The van der Waals surface area contributed by atoms with Gasteiger partial charge in [-0.05, 0) is 63.0 Å². The van der Waals surface area contributed by atoms with Crippen molar-refractivity contribution in [2.24, 2.45) is 0 Å². The van der Waals surface area contributed by atoms with Crippen molar-refractivity contribution in [1.29, 1.82) is 0 Å². The molecule has 0 amide bonds. The normalized spacial score (nSPS) is 12.8. The van der Waals surface area contributed by atoms with Gasteiger partial charge in [0.15, 0.2) is 5.65 Å². The number of hydrogen-bond acceptors (Lipinski definition) is 2. The largest absolute Gasteiger partial charge is 0.277 e. The fourth-order valence-electron chi connectivity index (χ4n) is 2.12. The van der Waals surface area contributed by atoms with Gasteiger partial charge in [0.2, 0.25) is 0 Å². The molecule has 0 spiro atoms. The number of benzene rings is 1. The molecule has 2 aromatic heterocycles. The molecule has 0 saturated carbocycles. The molecule has 1 aromatic carbocycles. The highest BCUT2D eigenvalue weighted by atomic mass is 79.9.